The predicted octanol–water partition coefficient (Wildman–Crippen LogP) is 6.42. The molecule has 3 rings (SSSR count). The first-order chi connectivity index (χ1) is 14.1. The molecule has 29 heavy (non-hydrogen) atoms. The number of rotatable bonds is 9. The van der Waals surface area contributed by atoms with Gasteiger partial charge < -0.3 is 14.8 Å². The molecule has 152 valence electrons. The molecule has 0 aliphatic heterocycles. The Balaban J connectivity index is 1.71. The van der Waals surface area contributed by atoms with Gasteiger partial charge >= 0.3 is 0 Å². The molecule has 1 N–H and O–H groups in total. The number of nitrogens with zero attached hydrogens (tertiary/aromatic N) is 1. The molecule has 0 atom stereocenters. The molecule has 2 aromatic carbocycles. The van der Waals surface area contributed by atoms with E-state index in [4.69, 9.17) is 32.7 Å². The molecule has 0 bridgehead atoms. The van der Waals surface area contributed by atoms with Crippen LogP contribution in [-0.2, 0) is 19.7 Å². The van der Waals surface area contributed by atoms with Crippen molar-refractivity contribution in [3.05, 3.63) is 86.1 Å². The van der Waals surface area contributed by atoms with Crippen molar-refractivity contribution in [1.82, 2.24) is 10.3 Å². The molecular weight excluding hydrogens is 475 g/mol. The van der Waals surface area contributed by atoms with E-state index in [0.717, 1.165) is 21.3 Å². The summed E-state index contributed by atoms with van der Waals surface area (Å²) < 4.78 is 12.7. The van der Waals surface area contributed by atoms with Crippen LogP contribution in [0.1, 0.15) is 23.7 Å². The first-order valence-electron chi connectivity index (χ1n) is 9.20. The van der Waals surface area contributed by atoms with E-state index in [1.165, 1.54) is 0 Å². The fourth-order valence-corrected chi connectivity index (χ4v) is 3.71. The molecule has 0 aliphatic rings. The van der Waals surface area contributed by atoms with Gasteiger partial charge in [0, 0.05) is 39.4 Å². The third-order valence-electron chi connectivity index (χ3n) is 4.19. The minimum atomic E-state index is 0.252. The monoisotopic (exact) mass is 494 g/mol. The summed E-state index contributed by atoms with van der Waals surface area (Å²) in [5.41, 5.74) is 2.80. The van der Waals surface area contributed by atoms with Gasteiger partial charge in [-0.3, -0.25) is 4.98 Å². The molecule has 0 radical (unpaired) electrons. The van der Waals surface area contributed by atoms with Gasteiger partial charge in [0.15, 0.2) is 11.5 Å². The average Bonchev–Trinajstić information content (AvgIpc) is 2.71. The maximum absolute atomic E-state index is 6.24. The van der Waals surface area contributed by atoms with Crippen LogP contribution < -0.4 is 14.8 Å². The SMILES string of the molecule is CCOc1cc(CNCc2ccccn2)c(Br)cc1OCc1c(Cl)cccc1Cl. The first-order valence-corrected chi connectivity index (χ1v) is 10.7. The molecule has 0 unspecified atom stereocenters. The van der Waals surface area contributed by atoms with Crippen LogP contribution in [0.25, 0.3) is 0 Å². The molecule has 7 heteroatoms. The molecule has 0 aliphatic carbocycles. The second-order valence-corrected chi connectivity index (χ2v) is 7.91. The highest BCUT2D eigenvalue weighted by Crippen LogP contribution is 2.35. The number of hydrogen-bond acceptors (Lipinski definition) is 4. The molecule has 1 heterocycles. The minimum absolute atomic E-state index is 0.252. The Morgan fingerprint density at radius 1 is 0.966 bits per heavy atom. The van der Waals surface area contributed by atoms with Crippen LogP contribution in [0, 0.1) is 0 Å². The smallest absolute Gasteiger partial charge is 0.162 e. The zero-order chi connectivity index (χ0) is 20.6. The molecule has 4 nitrogen and oxygen atoms in total. The number of ether oxygens (including phenoxy) is 2. The summed E-state index contributed by atoms with van der Waals surface area (Å²) in [6.45, 7) is 4.07. The quantitative estimate of drug-likeness (QED) is 0.372. The van der Waals surface area contributed by atoms with Gasteiger partial charge in [-0.25, -0.2) is 0 Å². The third kappa shape index (κ3) is 6.09. The van der Waals surface area contributed by atoms with Gasteiger partial charge in [0.1, 0.15) is 6.61 Å². The van der Waals surface area contributed by atoms with E-state index in [2.05, 4.69) is 26.2 Å². The van der Waals surface area contributed by atoms with Crippen LogP contribution in [0.5, 0.6) is 11.5 Å². The highest BCUT2D eigenvalue weighted by molar-refractivity contribution is 9.10. The number of hydrogen-bond donors (Lipinski definition) is 1. The van der Waals surface area contributed by atoms with E-state index in [-0.39, 0.29) is 6.61 Å². The van der Waals surface area contributed by atoms with E-state index in [9.17, 15) is 0 Å². The number of aromatic nitrogens is 1. The maximum Gasteiger partial charge on any atom is 0.162 e. The Kier molecular flexibility index (Phi) is 8.19. The van der Waals surface area contributed by atoms with Crippen LogP contribution in [0.4, 0.5) is 0 Å². The summed E-state index contributed by atoms with van der Waals surface area (Å²) >= 11 is 16.1. The van der Waals surface area contributed by atoms with Crippen molar-refractivity contribution in [3.63, 3.8) is 0 Å². The van der Waals surface area contributed by atoms with Gasteiger partial charge in [0.25, 0.3) is 0 Å². The van der Waals surface area contributed by atoms with Gasteiger partial charge in [-0.15, -0.1) is 0 Å². The summed E-state index contributed by atoms with van der Waals surface area (Å²) in [5.74, 6) is 1.30. The Hall–Kier alpha value is -1.79. The Labute approximate surface area is 189 Å². The number of halogens is 3. The average molecular weight is 496 g/mol. The van der Waals surface area contributed by atoms with Crippen molar-refractivity contribution in [2.75, 3.05) is 6.61 Å². The topological polar surface area (TPSA) is 43.4 Å². The number of nitrogens with one attached hydrogen (secondary N) is 1. The molecule has 0 fully saturated rings. The molecular formula is C22H21BrCl2N2O2. The van der Waals surface area contributed by atoms with Gasteiger partial charge in [-0.2, -0.15) is 0 Å². The van der Waals surface area contributed by atoms with Crippen molar-refractivity contribution < 1.29 is 9.47 Å². The van der Waals surface area contributed by atoms with Gasteiger partial charge in [0.2, 0.25) is 0 Å². The van der Waals surface area contributed by atoms with Crippen molar-refractivity contribution in [3.8, 4) is 11.5 Å². The Morgan fingerprint density at radius 3 is 2.41 bits per heavy atom. The highest BCUT2D eigenvalue weighted by Gasteiger charge is 2.13. The fraction of sp³-hybridized carbons (Fsp3) is 0.227. The number of pyridine rings is 1. The van der Waals surface area contributed by atoms with Crippen LogP contribution in [0.15, 0.2) is 59.2 Å². The molecule has 0 saturated carbocycles. The minimum Gasteiger partial charge on any atom is -0.490 e. The zero-order valence-corrected chi connectivity index (χ0v) is 19.0. The van der Waals surface area contributed by atoms with Crippen molar-refractivity contribution >= 4 is 39.1 Å². The van der Waals surface area contributed by atoms with E-state index in [0.29, 0.717) is 41.2 Å². The van der Waals surface area contributed by atoms with Gasteiger partial charge in [-0.1, -0.05) is 51.3 Å². The van der Waals surface area contributed by atoms with Crippen LogP contribution in [0.2, 0.25) is 10.0 Å². The second-order valence-electron chi connectivity index (χ2n) is 6.24. The largest absolute Gasteiger partial charge is 0.490 e. The molecule has 3 aromatic rings. The van der Waals surface area contributed by atoms with Gasteiger partial charge in [-0.05, 0) is 48.9 Å². The summed E-state index contributed by atoms with van der Waals surface area (Å²) in [6, 6.07) is 15.2. The van der Waals surface area contributed by atoms with E-state index in [1.807, 2.05) is 43.3 Å². The highest BCUT2D eigenvalue weighted by atomic mass is 79.9. The number of benzene rings is 2. The molecule has 0 spiro atoms. The summed E-state index contributed by atoms with van der Waals surface area (Å²) in [7, 11) is 0. The summed E-state index contributed by atoms with van der Waals surface area (Å²) in [6.07, 6.45) is 1.79. The normalized spacial score (nSPS) is 10.8. The summed E-state index contributed by atoms with van der Waals surface area (Å²) in [4.78, 5) is 4.32. The lowest BCUT2D eigenvalue weighted by atomic mass is 10.2. The predicted molar refractivity (Wildman–Crippen MR) is 121 cm³/mol. The van der Waals surface area contributed by atoms with E-state index < -0.39 is 0 Å². The molecule has 0 amide bonds. The van der Waals surface area contributed by atoms with Crippen molar-refractivity contribution in [2.45, 2.75) is 26.6 Å². The summed E-state index contributed by atoms with van der Waals surface area (Å²) in [5, 5.41) is 4.54. The fourth-order valence-electron chi connectivity index (χ4n) is 2.74. The third-order valence-corrected chi connectivity index (χ3v) is 5.64. The zero-order valence-electron chi connectivity index (χ0n) is 15.9. The van der Waals surface area contributed by atoms with Crippen molar-refractivity contribution in [1.29, 1.82) is 0 Å². The molecule has 1 aromatic heterocycles. The van der Waals surface area contributed by atoms with Crippen molar-refractivity contribution in [2.24, 2.45) is 0 Å². The standard InChI is InChI=1S/C22H21BrCl2N2O2/c1-2-28-21-10-15(12-26-13-16-6-3-4-9-27-16)18(23)11-22(21)29-14-17-19(24)7-5-8-20(17)25/h3-11,26H,2,12-14H2,1H3. The van der Waals surface area contributed by atoms with Gasteiger partial charge in [0.05, 0.1) is 12.3 Å². The van der Waals surface area contributed by atoms with Crippen LogP contribution in [0.3, 0.4) is 0 Å². The maximum atomic E-state index is 6.24. The lowest BCUT2D eigenvalue weighted by Crippen LogP contribution is -2.14. The first kappa shape index (κ1) is 21.9. The Morgan fingerprint density at radius 2 is 1.72 bits per heavy atom. The molecule has 0 saturated heterocycles. The van der Waals surface area contributed by atoms with E-state index >= 15 is 0 Å². The second kappa shape index (κ2) is 10.8. The van der Waals surface area contributed by atoms with E-state index in [1.54, 1.807) is 18.3 Å². The lowest BCUT2D eigenvalue weighted by molar-refractivity contribution is 0.269. The lowest BCUT2D eigenvalue weighted by Gasteiger charge is -2.16. The van der Waals surface area contributed by atoms with Crippen LogP contribution >= 0.6 is 39.1 Å². The van der Waals surface area contributed by atoms with Crippen LogP contribution in [-0.4, -0.2) is 11.6 Å². The Bertz CT molecular complexity index is 935.